The van der Waals surface area contributed by atoms with Crippen LogP contribution in [0.15, 0.2) is 243 Å². The maximum atomic E-state index is 6.08. The molecule has 0 amide bonds. The van der Waals surface area contributed by atoms with Gasteiger partial charge in [0, 0.05) is 76.7 Å². The number of aryl methyl sites for hydroxylation is 2. The highest BCUT2D eigenvalue weighted by molar-refractivity contribution is 6.13. The van der Waals surface area contributed by atoms with E-state index in [1.54, 1.807) is 13.0 Å². The van der Waals surface area contributed by atoms with Crippen LogP contribution in [0, 0.1) is 5.41 Å². The predicted octanol–water partition coefficient (Wildman–Crippen LogP) is 18.7. The number of hydrogen-bond acceptors (Lipinski definition) is 1. The Kier molecular flexibility index (Phi) is 14.9. The predicted molar refractivity (Wildman–Crippen MR) is 348 cm³/mol. The van der Waals surface area contributed by atoms with Crippen LogP contribution in [0.1, 0.15) is 50.1 Å². The van der Waals surface area contributed by atoms with Gasteiger partial charge in [-0.2, -0.15) is 0 Å². The number of aromatic nitrogens is 4. The lowest BCUT2D eigenvalue weighted by Gasteiger charge is -2.20. The van der Waals surface area contributed by atoms with Crippen molar-refractivity contribution < 1.29 is 0 Å². The Morgan fingerprint density at radius 2 is 1.05 bits per heavy atom. The molecule has 8 aromatic carbocycles. The second kappa shape index (κ2) is 22.9. The van der Waals surface area contributed by atoms with E-state index >= 15 is 0 Å². The lowest BCUT2D eigenvalue weighted by molar-refractivity contribution is 0.946. The van der Waals surface area contributed by atoms with E-state index in [1.807, 2.05) is 32.9 Å². The topological polar surface area (TPSA) is 65.3 Å². The van der Waals surface area contributed by atoms with Crippen molar-refractivity contribution in [3.63, 3.8) is 0 Å². The monoisotopic (exact) mass is 1040 g/mol. The van der Waals surface area contributed by atoms with Crippen molar-refractivity contribution in [1.29, 1.82) is 5.41 Å². The molecule has 3 N–H and O–H groups in total. The van der Waals surface area contributed by atoms with Gasteiger partial charge in [-0.15, -0.1) is 0 Å². The molecule has 0 saturated heterocycles. The second-order valence-electron chi connectivity index (χ2n) is 20.4. The second-order valence-corrected chi connectivity index (χ2v) is 20.4. The Balaban J connectivity index is 0.000000434. The van der Waals surface area contributed by atoms with Gasteiger partial charge in [0.15, 0.2) is 0 Å². The number of nitrogens with one attached hydrogen (secondary N) is 3. The summed E-state index contributed by atoms with van der Waals surface area (Å²) in [5.41, 5.74) is 21.9. The van der Waals surface area contributed by atoms with E-state index in [0.717, 1.165) is 46.2 Å². The average molecular weight is 1040 g/mol. The summed E-state index contributed by atoms with van der Waals surface area (Å²) in [5.74, 6) is 0. The summed E-state index contributed by atoms with van der Waals surface area (Å²) in [6, 6.07) is 62.3. The van der Waals surface area contributed by atoms with Crippen molar-refractivity contribution in [2.45, 2.75) is 40.5 Å². The van der Waals surface area contributed by atoms with E-state index in [9.17, 15) is 0 Å². The Morgan fingerprint density at radius 1 is 0.500 bits per heavy atom. The first kappa shape index (κ1) is 52.1. The van der Waals surface area contributed by atoms with Gasteiger partial charge in [0.05, 0.1) is 21.9 Å². The first-order valence-corrected chi connectivity index (χ1v) is 27.4. The van der Waals surface area contributed by atoms with Gasteiger partial charge in [0.25, 0.3) is 0 Å². The van der Waals surface area contributed by atoms with Crippen LogP contribution in [0.5, 0.6) is 0 Å². The van der Waals surface area contributed by atoms with Crippen LogP contribution < -0.4 is 10.6 Å². The third-order valence-corrected chi connectivity index (χ3v) is 15.2. The van der Waals surface area contributed by atoms with Gasteiger partial charge in [0.2, 0.25) is 0 Å². The summed E-state index contributed by atoms with van der Waals surface area (Å²) in [7, 11) is 0. The fourth-order valence-electron chi connectivity index (χ4n) is 11.2. The SMILES string of the molecule is C1=C\c2[nH]c3cc4c(cc3c2/C=C/C=C/C=c2\c(c3ccccc3n2-c2ccccc2)=C/1)CCc1cc2c(cc1-4)[nH]c1ccc(-c3ccc4c(c3)c3ccccc3n4-c3ccccc3)cc12.C=C/C(C)=C\C.C=CC(=C)C.CC=N. The number of nitrogens with zero attached hydrogens (tertiary/aromatic N) is 2. The van der Waals surface area contributed by atoms with E-state index in [4.69, 9.17) is 5.41 Å². The molecule has 0 bridgehead atoms. The molecule has 0 unspecified atom stereocenters. The normalized spacial score (nSPS) is 14.5. The van der Waals surface area contributed by atoms with Crippen LogP contribution in [-0.4, -0.2) is 25.3 Å². The molecule has 0 aliphatic heterocycles. The zero-order valence-electron chi connectivity index (χ0n) is 46.0. The third kappa shape index (κ3) is 9.98. The van der Waals surface area contributed by atoms with Crippen LogP contribution in [-0.2, 0) is 12.8 Å². The first-order chi connectivity index (χ1) is 39.2. The average Bonchev–Trinajstić information content (AvgIpc) is 4.39. The van der Waals surface area contributed by atoms with Gasteiger partial charge in [-0.1, -0.05) is 170 Å². The summed E-state index contributed by atoms with van der Waals surface area (Å²) in [4.78, 5) is 7.66. The number of aromatic amines is 2. The largest absolute Gasteiger partial charge is 0.354 e. The fraction of sp³-hybridized carbons (Fsp3) is 0.0800. The maximum absolute atomic E-state index is 6.08. The minimum absolute atomic E-state index is 1.00. The lowest BCUT2D eigenvalue weighted by Crippen LogP contribution is -2.28. The summed E-state index contributed by atoms with van der Waals surface area (Å²) in [5, 5.41) is 16.0. The van der Waals surface area contributed by atoms with Crippen LogP contribution in [0.4, 0.5) is 0 Å². The minimum Gasteiger partial charge on any atom is -0.354 e. The van der Waals surface area contributed by atoms with Gasteiger partial charge >= 0.3 is 0 Å². The lowest BCUT2D eigenvalue weighted by atomic mass is 9.84. The van der Waals surface area contributed by atoms with Crippen molar-refractivity contribution in [3.8, 4) is 33.6 Å². The zero-order valence-corrected chi connectivity index (χ0v) is 46.0. The Labute approximate surface area is 468 Å². The number of rotatable bonds is 5. The molecule has 14 rings (SSSR count). The number of H-pyrrole nitrogens is 2. The van der Waals surface area contributed by atoms with Gasteiger partial charge in [-0.05, 0) is 177 Å². The maximum Gasteiger partial charge on any atom is 0.0541 e. The van der Waals surface area contributed by atoms with Crippen LogP contribution in [0.2, 0.25) is 0 Å². The molecule has 0 fully saturated rings. The van der Waals surface area contributed by atoms with Gasteiger partial charge in [-0.25, -0.2) is 0 Å². The van der Waals surface area contributed by atoms with Crippen molar-refractivity contribution in [2.75, 3.05) is 0 Å². The number of hydrogen-bond donors (Lipinski definition) is 3. The molecule has 390 valence electrons. The molecule has 4 heterocycles. The molecule has 0 atom stereocenters. The fourth-order valence-corrected chi connectivity index (χ4v) is 11.2. The molecule has 4 aromatic heterocycles. The summed E-state index contributed by atoms with van der Waals surface area (Å²) >= 11 is 0. The van der Waals surface area contributed by atoms with Crippen molar-refractivity contribution in [2.24, 2.45) is 0 Å². The first-order valence-electron chi connectivity index (χ1n) is 27.4. The zero-order chi connectivity index (χ0) is 55.3. The quantitative estimate of drug-likeness (QED) is 0.114. The summed E-state index contributed by atoms with van der Waals surface area (Å²) in [6.45, 7) is 18.2. The van der Waals surface area contributed by atoms with E-state index in [1.165, 1.54) is 116 Å². The highest BCUT2D eigenvalue weighted by atomic mass is 15.0. The number of benzene rings is 8. The molecular weight excluding hydrogens is 971 g/mol. The smallest absolute Gasteiger partial charge is 0.0541 e. The van der Waals surface area contributed by atoms with E-state index < -0.39 is 0 Å². The Morgan fingerprint density at radius 3 is 1.69 bits per heavy atom. The minimum atomic E-state index is 1.00. The van der Waals surface area contributed by atoms with Gasteiger partial charge in [-0.3, -0.25) is 0 Å². The molecule has 5 nitrogen and oxygen atoms in total. The standard InChI is InChI=1S/C62H42N4.C6H10.C5H8.C2H5N/c1-4-15-43(16-5-1)65-59-24-9-3-8-19-45-51-35-41-27-28-42-36-53-52-33-39(40-30-32-62-54(34-40)48-21-11-13-26-61(48)66(62)44-17-6-2-7-18-44)29-31-56(52)64-58(53)38-50(42)49(41)37-57(51)63-55(45)23-14-22-47(59)46-20-10-12-25-60(46)65;1-4-6(3)5-2;1-4-5(2)3;1-2-3/h1-26,29-38,63-64H,27-28H2;4-5H,1H2,2-3H3;4H,1-2H2,3H3;2-3H,1H3/b8-3?,9-3+,19-8+,22-14?,23-14-,24-9?,45-19?,47-22-,55-23?,59-24+;6-5-;;. The molecule has 5 heteroatoms. The number of allylic oxidation sites excluding steroid dienone is 9. The molecule has 2 aliphatic carbocycles. The van der Waals surface area contributed by atoms with Gasteiger partial charge in [0.1, 0.15) is 0 Å². The van der Waals surface area contributed by atoms with E-state index in [0.29, 0.717) is 0 Å². The van der Waals surface area contributed by atoms with E-state index in [2.05, 4.69) is 257 Å². The van der Waals surface area contributed by atoms with Crippen molar-refractivity contribution >= 4 is 95.9 Å². The Bertz CT molecular complexity index is 4630. The Hall–Kier alpha value is -9.97. The molecular formula is C75H65N5. The molecule has 80 heavy (non-hydrogen) atoms. The molecule has 2 aliphatic rings. The van der Waals surface area contributed by atoms with Crippen molar-refractivity contribution in [3.05, 3.63) is 276 Å². The summed E-state index contributed by atoms with van der Waals surface area (Å²) in [6.07, 6.45) is 26.5. The molecule has 0 radical (unpaired) electrons. The molecule has 0 spiro atoms. The molecule has 12 aromatic rings. The van der Waals surface area contributed by atoms with Crippen molar-refractivity contribution in [1.82, 2.24) is 19.1 Å². The highest BCUT2D eigenvalue weighted by Crippen LogP contribution is 2.42. The van der Waals surface area contributed by atoms with Gasteiger partial charge < -0.3 is 24.5 Å². The molecule has 0 saturated carbocycles. The van der Waals surface area contributed by atoms with Crippen LogP contribution in [0.25, 0.3) is 123 Å². The number of para-hydroxylation sites is 4. The van der Waals surface area contributed by atoms with Crippen LogP contribution in [0.3, 0.4) is 0 Å². The number of fused-ring (bicyclic) bond motifs is 15. The van der Waals surface area contributed by atoms with E-state index in [-0.39, 0.29) is 0 Å². The highest BCUT2D eigenvalue weighted by Gasteiger charge is 2.22. The summed E-state index contributed by atoms with van der Waals surface area (Å²) < 4.78 is 4.74. The third-order valence-electron chi connectivity index (χ3n) is 15.2. The van der Waals surface area contributed by atoms with Crippen LogP contribution >= 0.6 is 0 Å².